The normalized spacial score (nSPS) is 12.5. The highest BCUT2D eigenvalue weighted by atomic mass is 19.3. The van der Waals surface area contributed by atoms with Gasteiger partial charge in [-0.15, -0.1) is 0 Å². The minimum absolute atomic E-state index is 0.199. The number of alkyl halides is 2. The molecule has 1 N–H and O–H groups in total. The smallest absolute Gasteiger partial charge is 0.315 e. The first-order valence-electron chi connectivity index (χ1n) is 7.28. The second kappa shape index (κ2) is 6.74. The minimum Gasteiger partial charge on any atom is -0.343 e. The van der Waals surface area contributed by atoms with Crippen molar-refractivity contribution in [2.24, 2.45) is 0 Å². The van der Waals surface area contributed by atoms with Crippen LogP contribution in [0.2, 0.25) is 0 Å². The zero-order valence-electron chi connectivity index (χ0n) is 12.5. The van der Waals surface area contributed by atoms with Crippen LogP contribution in [0.1, 0.15) is 11.6 Å². The van der Waals surface area contributed by atoms with Gasteiger partial charge in [0.1, 0.15) is 5.82 Å². The summed E-state index contributed by atoms with van der Waals surface area (Å²) in [7, 11) is 0. The zero-order chi connectivity index (χ0) is 17.1. The topological polar surface area (TPSA) is 46.9 Å². The van der Waals surface area contributed by atoms with Crippen molar-refractivity contribution < 1.29 is 18.0 Å². The van der Waals surface area contributed by atoms with Crippen LogP contribution >= 0.6 is 0 Å². The number of benzene rings is 2. The molecule has 0 unspecified atom stereocenters. The SMILES string of the molecule is O=C(N[C@@H](Cn1cnc2ccccc21)c1ccc(F)cc1)C(F)F. The van der Waals surface area contributed by atoms with Gasteiger partial charge in [-0.3, -0.25) is 4.79 Å². The van der Waals surface area contributed by atoms with E-state index in [0.717, 1.165) is 11.0 Å². The predicted octanol–water partition coefficient (Wildman–Crippen LogP) is 3.30. The Morgan fingerprint density at radius 1 is 1.12 bits per heavy atom. The van der Waals surface area contributed by atoms with Gasteiger partial charge in [-0.1, -0.05) is 24.3 Å². The molecule has 4 nitrogen and oxygen atoms in total. The summed E-state index contributed by atoms with van der Waals surface area (Å²) in [5, 5.41) is 2.30. The Kier molecular flexibility index (Phi) is 4.50. The fourth-order valence-corrected chi connectivity index (χ4v) is 2.52. The number of hydrogen-bond donors (Lipinski definition) is 1. The van der Waals surface area contributed by atoms with Crippen LogP contribution in [0.3, 0.4) is 0 Å². The summed E-state index contributed by atoms with van der Waals surface area (Å²) in [5.41, 5.74) is 2.11. The van der Waals surface area contributed by atoms with Crippen LogP contribution in [-0.4, -0.2) is 21.9 Å². The highest BCUT2D eigenvalue weighted by molar-refractivity contribution is 5.79. The molecule has 0 aliphatic carbocycles. The summed E-state index contributed by atoms with van der Waals surface area (Å²) in [6, 6.07) is 12.0. The largest absolute Gasteiger partial charge is 0.343 e. The standard InChI is InChI=1S/C17H14F3N3O/c18-12-7-5-11(6-8-12)14(22-17(24)16(19)20)9-23-10-21-13-3-1-2-4-15(13)23/h1-8,10,14,16H,9H2,(H,22,24)/t14-/m0/s1. The molecule has 24 heavy (non-hydrogen) atoms. The molecule has 0 spiro atoms. The predicted molar refractivity (Wildman–Crippen MR) is 83.0 cm³/mol. The van der Waals surface area contributed by atoms with Crippen molar-refractivity contribution in [3.63, 3.8) is 0 Å². The molecule has 0 saturated carbocycles. The molecule has 0 radical (unpaired) electrons. The van der Waals surface area contributed by atoms with Crippen molar-refractivity contribution in [2.75, 3.05) is 0 Å². The molecule has 1 aromatic heterocycles. The van der Waals surface area contributed by atoms with Gasteiger partial charge in [0.05, 0.1) is 23.4 Å². The fraction of sp³-hybridized carbons (Fsp3) is 0.176. The summed E-state index contributed by atoms with van der Waals surface area (Å²) in [6.07, 6.45) is -1.54. The minimum atomic E-state index is -3.12. The van der Waals surface area contributed by atoms with E-state index in [1.165, 1.54) is 24.3 Å². The third-order valence-corrected chi connectivity index (χ3v) is 3.69. The number of rotatable bonds is 5. The van der Waals surface area contributed by atoms with Crippen molar-refractivity contribution in [1.29, 1.82) is 0 Å². The van der Waals surface area contributed by atoms with Crippen LogP contribution in [0, 0.1) is 5.82 Å². The van der Waals surface area contributed by atoms with E-state index in [2.05, 4.69) is 10.3 Å². The molecule has 0 fully saturated rings. The van der Waals surface area contributed by atoms with Crippen LogP contribution in [0.5, 0.6) is 0 Å². The first-order valence-corrected chi connectivity index (χ1v) is 7.28. The van der Waals surface area contributed by atoms with Crippen molar-refractivity contribution in [3.05, 3.63) is 66.2 Å². The summed E-state index contributed by atoms with van der Waals surface area (Å²) in [4.78, 5) is 15.7. The van der Waals surface area contributed by atoms with E-state index >= 15 is 0 Å². The van der Waals surface area contributed by atoms with Crippen LogP contribution in [0.4, 0.5) is 13.2 Å². The number of carbonyl (C=O) groups excluding carboxylic acids is 1. The number of nitrogens with zero attached hydrogens (tertiary/aromatic N) is 2. The van der Waals surface area contributed by atoms with Gasteiger partial charge in [-0.05, 0) is 29.8 Å². The van der Waals surface area contributed by atoms with Gasteiger partial charge in [-0.25, -0.2) is 9.37 Å². The van der Waals surface area contributed by atoms with Crippen LogP contribution in [-0.2, 0) is 11.3 Å². The summed E-state index contributed by atoms with van der Waals surface area (Å²) >= 11 is 0. The third-order valence-electron chi connectivity index (χ3n) is 3.69. The molecule has 1 amide bonds. The molecule has 0 saturated heterocycles. The number of hydrogen-bond acceptors (Lipinski definition) is 2. The van der Waals surface area contributed by atoms with E-state index in [0.29, 0.717) is 5.56 Å². The molecule has 3 rings (SSSR count). The number of halogens is 3. The summed E-state index contributed by atoms with van der Waals surface area (Å²) in [6.45, 7) is 0.199. The summed E-state index contributed by atoms with van der Waals surface area (Å²) in [5.74, 6) is -1.81. The number of amides is 1. The Bertz CT molecular complexity index is 846. The fourth-order valence-electron chi connectivity index (χ4n) is 2.52. The quantitative estimate of drug-likeness (QED) is 0.779. The van der Waals surface area contributed by atoms with E-state index in [-0.39, 0.29) is 6.54 Å². The molecule has 0 aliphatic heterocycles. The van der Waals surface area contributed by atoms with E-state index in [1.807, 2.05) is 24.3 Å². The first kappa shape index (κ1) is 16.0. The molecular weight excluding hydrogens is 319 g/mol. The molecule has 124 valence electrons. The highest BCUT2D eigenvalue weighted by Crippen LogP contribution is 2.20. The molecule has 0 bridgehead atoms. The second-order valence-electron chi connectivity index (χ2n) is 5.30. The molecule has 3 aromatic rings. The zero-order valence-corrected chi connectivity index (χ0v) is 12.5. The van der Waals surface area contributed by atoms with E-state index in [9.17, 15) is 18.0 Å². The number of aromatic nitrogens is 2. The van der Waals surface area contributed by atoms with E-state index in [1.54, 1.807) is 10.9 Å². The van der Waals surface area contributed by atoms with Gasteiger partial charge in [0.2, 0.25) is 0 Å². The lowest BCUT2D eigenvalue weighted by atomic mass is 10.1. The maximum atomic E-state index is 13.1. The average Bonchev–Trinajstić information content (AvgIpc) is 2.98. The van der Waals surface area contributed by atoms with Gasteiger partial charge in [0, 0.05) is 6.54 Å². The number of para-hydroxylation sites is 2. The van der Waals surface area contributed by atoms with Gasteiger partial charge >= 0.3 is 6.43 Å². The molecule has 2 aromatic carbocycles. The molecule has 0 aliphatic rings. The van der Waals surface area contributed by atoms with Crippen molar-refractivity contribution >= 4 is 16.9 Å². The Balaban J connectivity index is 1.91. The molecule has 1 atom stereocenters. The van der Waals surface area contributed by atoms with Gasteiger partial charge in [0.15, 0.2) is 0 Å². The van der Waals surface area contributed by atoms with Crippen LogP contribution in [0.15, 0.2) is 54.9 Å². The maximum absolute atomic E-state index is 13.1. The number of nitrogens with one attached hydrogen (secondary N) is 1. The number of carbonyl (C=O) groups is 1. The lowest BCUT2D eigenvalue weighted by Gasteiger charge is -2.20. The molecule has 1 heterocycles. The van der Waals surface area contributed by atoms with Crippen LogP contribution in [0.25, 0.3) is 11.0 Å². The Morgan fingerprint density at radius 3 is 2.54 bits per heavy atom. The van der Waals surface area contributed by atoms with E-state index < -0.39 is 24.2 Å². The first-order chi connectivity index (χ1) is 11.5. The monoisotopic (exact) mass is 333 g/mol. The number of fused-ring (bicyclic) bond motifs is 1. The van der Waals surface area contributed by atoms with Gasteiger partial charge in [0.25, 0.3) is 5.91 Å². The Hall–Kier alpha value is -2.83. The van der Waals surface area contributed by atoms with Crippen molar-refractivity contribution in [3.8, 4) is 0 Å². The van der Waals surface area contributed by atoms with Crippen molar-refractivity contribution in [1.82, 2.24) is 14.9 Å². The molecule has 7 heteroatoms. The van der Waals surface area contributed by atoms with E-state index in [4.69, 9.17) is 0 Å². The lowest BCUT2D eigenvalue weighted by molar-refractivity contribution is -0.132. The maximum Gasteiger partial charge on any atom is 0.315 e. The van der Waals surface area contributed by atoms with Gasteiger partial charge < -0.3 is 9.88 Å². The second-order valence-corrected chi connectivity index (χ2v) is 5.30. The van der Waals surface area contributed by atoms with Crippen molar-refractivity contribution in [2.45, 2.75) is 19.0 Å². The average molecular weight is 333 g/mol. The summed E-state index contributed by atoms with van der Waals surface area (Å²) < 4.78 is 40.1. The Morgan fingerprint density at radius 2 is 1.83 bits per heavy atom. The third kappa shape index (κ3) is 3.40. The Labute approximate surface area is 135 Å². The number of imidazole rings is 1. The molecular formula is C17H14F3N3O. The van der Waals surface area contributed by atoms with Gasteiger partial charge in [-0.2, -0.15) is 8.78 Å². The van der Waals surface area contributed by atoms with Crippen LogP contribution < -0.4 is 5.32 Å². The highest BCUT2D eigenvalue weighted by Gasteiger charge is 2.22. The lowest BCUT2D eigenvalue weighted by Crippen LogP contribution is -2.35.